The van der Waals surface area contributed by atoms with E-state index in [2.05, 4.69) is 5.10 Å². The number of carboxylic acids is 1. The Morgan fingerprint density at radius 2 is 2.05 bits per heavy atom. The third-order valence-corrected chi connectivity index (χ3v) is 3.18. The van der Waals surface area contributed by atoms with Crippen LogP contribution >= 0.6 is 11.6 Å². The molecule has 0 atom stereocenters. The number of carboxylic acid groups (broad SMARTS) is 1. The fraction of sp³-hybridized carbons (Fsp3) is 0.231. The second-order valence-electron chi connectivity index (χ2n) is 4.01. The maximum absolute atomic E-state index is 11.2. The predicted molar refractivity (Wildman–Crippen MR) is 73.4 cm³/mol. The van der Waals surface area contributed by atoms with E-state index >= 15 is 0 Å². The van der Waals surface area contributed by atoms with Gasteiger partial charge in [0.2, 0.25) is 0 Å². The van der Waals surface area contributed by atoms with Gasteiger partial charge in [0.1, 0.15) is 27.9 Å². The van der Waals surface area contributed by atoms with Crippen LogP contribution < -0.4 is 9.47 Å². The number of halogens is 1. The lowest BCUT2D eigenvalue weighted by molar-refractivity contribution is 0.0696. The monoisotopic (exact) mass is 296 g/mol. The van der Waals surface area contributed by atoms with Gasteiger partial charge in [0.05, 0.1) is 19.9 Å². The molecule has 0 aliphatic heterocycles. The van der Waals surface area contributed by atoms with Gasteiger partial charge in [-0.05, 0) is 19.1 Å². The number of ether oxygens (including phenoxy) is 2. The Kier molecular flexibility index (Phi) is 3.85. The molecule has 0 saturated heterocycles. The summed E-state index contributed by atoms with van der Waals surface area (Å²) in [6, 6.07) is 5.08. The molecule has 106 valence electrons. The van der Waals surface area contributed by atoms with Crippen molar-refractivity contribution in [1.82, 2.24) is 9.78 Å². The first-order valence-corrected chi connectivity index (χ1v) is 6.08. The van der Waals surface area contributed by atoms with E-state index in [4.69, 9.17) is 26.2 Å². The molecule has 2 rings (SSSR count). The van der Waals surface area contributed by atoms with Crippen molar-refractivity contribution in [2.75, 3.05) is 14.2 Å². The number of hydrogen-bond donors (Lipinski definition) is 1. The molecule has 1 aromatic heterocycles. The molecule has 0 radical (unpaired) electrons. The first kappa shape index (κ1) is 14.2. The van der Waals surface area contributed by atoms with Gasteiger partial charge in [-0.15, -0.1) is 0 Å². The Morgan fingerprint density at radius 1 is 1.35 bits per heavy atom. The summed E-state index contributed by atoms with van der Waals surface area (Å²) < 4.78 is 11.7. The molecule has 0 amide bonds. The summed E-state index contributed by atoms with van der Waals surface area (Å²) in [5.41, 5.74) is 0.846. The first-order valence-electron chi connectivity index (χ1n) is 5.70. The largest absolute Gasteiger partial charge is 0.497 e. The lowest BCUT2D eigenvalue weighted by Gasteiger charge is -2.11. The molecule has 7 heteroatoms. The SMILES string of the molecule is COc1ccc(-n2nc(C)c(C(=O)O)c2Cl)c(OC)c1. The molecule has 0 aliphatic carbocycles. The predicted octanol–water partition coefficient (Wildman–Crippen LogP) is 2.55. The van der Waals surface area contributed by atoms with E-state index in [1.807, 2.05) is 0 Å². The van der Waals surface area contributed by atoms with Crippen LogP contribution in [0.1, 0.15) is 16.1 Å². The molecular formula is C13H13ClN2O4. The number of aryl methyl sites for hydroxylation is 1. The van der Waals surface area contributed by atoms with Crippen LogP contribution in [0.25, 0.3) is 5.69 Å². The molecule has 2 aromatic rings. The fourth-order valence-electron chi connectivity index (χ4n) is 1.86. The van der Waals surface area contributed by atoms with E-state index in [1.54, 1.807) is 32.2 Å². The number of carbonyl (C=O) groups is 1. The summed E-state index contributed by atoms with van der Waals surface area (Å²) in [6.45, 7) is 1.59. The number of aromatic carboxylic acids is 1. The van der Waals surface area contributed by atoms with Crippen LogP contribution in [-0.2, 0) is 0 Å². The second kappa shape index (κ2) is 5.42. The van der Waals surface area contributed by atoms with Crippen LogP contribution in [-0.4, -0.2) is 35.1 Å². The van der Waals surface area contributed by atoms with E-state index in [0.717, 1.165) is 0 Å². The number of rotatable bonds is 4. The zero-order valence-corrected chi connectivity index (χ0v) is 11.9. The molecule has 0 bridgehead atoms. The average molecular weight is 297 g/mol. The van der Waals surface area contributed by atoms with Crippen molar-refractivity contribution in [2.24, 2.45) is 0 Å². The van der Waals surface area contributed by atoms with Gasteiger partial charge in [-0.25, -0.2) is 9.48 Å². The molecule has 0 fully saturated rings. The van der Waals surface area contributed by atoms with Gasteiger partial charge in [-0.2, -0.15) is 5.10 Å². The highest BCUT2D eigenvalue weighted by Gasteiger charge is 2.22. The van der Waals surface area contributed by atoms with E-state index in [1.165, 1.54) is 11.8 Å². The number of aromatic nitrogens is 2. The lowest BCUT2D eigenvalue weighted by atomic mass is 10.2. The number of hydrogen-bond acceptors (Lipinski definition) is 4. The highest BCUT2D eigenvalue weighted by molar-refractivity contribution is 6.33. The van der Waals surface area contributed by atoms with Gasteiger partial charge >= 0.3 is 5.97 Å². The summed E-state index contributed by atoms with van der Waals surface area (Å²) in [4.78, 5) is 11.2. The summed E-state index contributed by atoms with van der Waals surface area (Å²) in [7, 11) is 3.04. The van der Waals surface area contributed by atoms with Crippen molar-refractivity contribution in [3.8, 4) is 17.2 Å². The Morgan fingerprint density at radius 3 is 2.55 bits per heavy atom. The van der Waals surface area contributed by atoms with E-state index in [0.29, 0.717) is 22.9 Å². The van der Waals surface area contributed by atoms with Crippen molar-refractivity contribution in [3.05, 3.63) is 34.6 Å². The molecule has 1 N–H and O–H groups in total. The topological polar surface area (TPSA) is 73.6 Å². The third kappa shape index (κ3) is 2.30. The van der Waals surface area contributed by atoms with Crippen molar-refractivity contribution >= 4 is 17.6 Å². The number of nitrogens with zero attached hydrogens (tertiary/aromatic N) is 2. The molecule has 0 unspecified atom stereocenters. The Balaban J connectivity index is 2.63. The van der Waals surface area contributed by atoms with Gasteiger partial charge in [0.15, 0.2) is 0 Å². The normalized spacial score (nSPS) is 10.4. The Bertz CT molecular complexity index is 667. The molecule has 6 nitrogen and oxygen atoms in total. The van der Waals surface area contributed by atoms with Gasteiger partial charge in [-0.3, -0.25) is 0 Å². The van der Waals surface area contributed by atoms with Crippen LogP contribution in [0.5, 0.6) is 11.5 Å². The fourth-order valence-corrected chi connectivity index (χ4v) is 2.21. The molecule has 1 aromatic carbocycles. The van der Waals surface area contributed by atoms with Gasteiger partial charge < -0.3 is 14.6 Å². The standard InChI is InChI=1S/C13H13ClN2O4/c1-7-11(13(17)18)12(14)16(15-7)9-5-4-8(19-2)6-10(9)20-3/h4-6H,1-3H3,(H,17,18). The number of methoxy groups -OCH3 is 2. The minimum absolute atomic E-state index is 0.0236. The minimum Gasteiger partial charge on any atom is -0.497 e. The third-order valence-electron chi connectivity index (χ3n) is 2.83. The summed E-state index contributed by atoms with van der Waals surface area (Å²) >= 11 is 6.09. The molecule has 0 spiro atoms. The Labute approximate surface area is 120 Å². The summed E-state index contributed by atoms with van der Waals surface area (Å²) in [5.74, 6) is -0.0269. The van der Waals surface area contributed by atoms with Crippen LogP contribution in [0, 0.1) is 6.92 Å². The zero-order chi connectivity index (χ0) is 14.9. The van der Waals surface area contributed by atoms with Crippen molar-refractivity contribution in [2.45, 2.75) is 6.92 Å². The molecular weight excluding hydrogens is 284 g/mol. The molecule has 0 saturated carbocycles. The van der Waals surface area contributed by atoms with Crippen LogP contribution in [0.15, 0.2) is 18.2 Å². The maximum atomic E-state index is 11.2. The maximum Gasteiger partial charge on any atom is 0.340 e. The van der Waals surface area contributed by atoms with E-state index in [9.17, 15) is 4.79 Å². The van der Waals surface area contributed by atoms with Crippen LogP contribution in [0.3, 0.4) is 0 Å². The van der Waals surface area contributed by atoms with Gasteiger partial charge in [0.25, 0.3) is 0 Å². The molecule has 20 heavy (non-hydrogen) atoms. The quantitative estimate of drug-likeness (QED) is 0.938. The van der Waals surface area contributed by atoms with Crippen molar-refractivity contribution in [3.63, 3.8) is 0 Å². The number of benzene rings is 1. The van der Waals surface area contributed by atoms with Crippen molar-refractivity contribution in [1.29, 1.82) is 0 Å². The Hall–Kier alpha value is -2.21. The van der Waals surface area contributed by atoms with Crippen molar-refractivity contribution < 1.29 is 19.4 Å². The average Bonchev–Trinajstić information content (AvgIpc) is 2.73. The molecule has 1 heterocycles. The zero-order valence-electron chi connectivity index (χ0n) is 11.2. The minimum atomic E-state index is -1.12. The second-order valence-corrected chi connectivity index (χ2v) is 4.36. The summed E-state index contributed by atoms with van der Waals surface area (Å²) in [6.07, 6.45) is 0. The van der Waals surface area contributed by atoms with E-state index in [-0.39, 0.29) is 10.7 Å². The van der Waals surface area contributed by atoms with Gasteiger partial charge in [-0.1, -0.05) is 11.6 Å². The van der Waals surface area contributed by atoms with Crippen LogP contribution in [0.2, 0.25) is 5.15 Å². The molecule has 0 aliphatic rings. The highest BCUT2D eigenvalue weighted by Crippen LogP contribution is 2.31. The van der Waals surface area contributed by atoms with Gasteiger partial charge in [0, 0.05) is 6.07 Å². The highest BCUT2D eigenvalue weighted by atomic mass is 35.5. The first-order chi connectivity index (χ1) is 9.49. The summed E-state index contributed by atoms with van der Waals surface area (Å²) in [5, 5.41) is 13.3. The van der Waals surface area contributed by atoms with E-state index < -0.39 is 5.97 Å². The van der Waals surface area contributed by atoms with Crippen LogP contribution in [0.4, 0.5) is 0 Å². The lowest BCUT2D eigenvalue weighted by Crippen LogP contribution is -2.02. The smallest absolute Gasteiger partial charge is 0.340 e.